The molecule has 33 heavy (non-hydrogen) atoms. The Morgan fingerprint density at radius 1 is 1.03 bits per heavy atom. The van der Waals surface area contributed by atoms with E-state index < -0.39 is 10.0 Å². The van der Waals surface area contributed by atoms with Gasteiger partial charge in [0.1, 0.15) is 0 Å². The minimum atomic E-state index is -3.66. The molecule has 0 radical (unpaired) electrons. The van der Waals surface area contributed by atoms with E-state index in [1.54, 1.807) is 23.1 Å². The summed E-state index contributed by atoms with van der Waals surface area (Å²) in [6.45, 7) is 6.79. The first-order chi connectivity index (χ1) is 15.7. The molecule has 2 aromatic rings. The molecule has 2 aliphatic heterocycles. The molecule has 2 amide bonds. The molecule has 0 aliphatic carbocycles. The van der Waals surface area contributed by atoms with Crippen LogP contribution in [0.4, 0.5) is 11.4 Å². The summed E-state index contributed by atoms with van der Waals surface area (Å²) in [6, 6.07) is 10.9. The van der Waals surface area contributed by atoms with Crippen LogP contribution in [0.1, 0.15) is 42.9 Å². The Morgan fingerprint density at radius 3 is 2.45 bits per heavy atom. The number of aryl methyl sites for hydroxylation is 2. The number of fused-ring (bicyclic) bond motifs is 1. The molecule has 0 spiro atoms. The fourth-order valence-corrected chi connectivity index (χ4v) is 6.21. The van der Waals surface area contributed by atoms with E-state index in [9.17, 15) is 18.0 Å². The van der Waals surface area contributed by atoms with E-state index >= 15 is 0 Å². The maximum atomic E-state index is 13.3. The van der Waals surface area contributed by atoms with Gasteiger partial charge < -0.3 is 10.2 Å². The van der Waals surface area contributed by atoms with Gasteiger partial charge in [0.25, 0.3) is 0 Å². The Balaban J connectivity index is 1.43. The zero-order valence-electron chi connectivity index (χ0n) is 19.4. The van der Waals surface area contributed by atoms with Gasteiger partial charge in [-0.3, -0.25) is 9.59 Å². The number of rotatable bonds is 4. The van der Waals surface area contributed by atoms with Gasteiger partial charge >= 0.3 is 0 Å². The first-order valence-electron chi connectivity index (χ1n) is 11.5. The lowest BCUT2D eigenvalue weighted by atomic mass is 9.97. The SMILES string of the molecule is CC(=O)N1CCCc2cc(S(=O)(=O)N3CCC(C(=O)Nc4cccc(C)c4C)CC3)ccc21. The Bertz CT molecular complexity index is 1180. The van der Waals surface area contributed by atoms with Gasteiger partial charge in [-0.05, 0) is 80.5 Å². The average Bonchev–Trinajstić information content (AvgIpc) is 2.81. The van der Waals surface area contributed by atoms with E-state index in [-0.39, 0.29) is 22.6 Å². The highest BCUT2D eigenvalue weighted by Gasteiger charge is 2.33. The van der Waals surface area contributed by atoms with Crippen LogP contribution in [0.3, 0.4) is 0 Å². The number of nitrogens with zero attached hydrogens (tertiary/aromatic N) is 2. The minimum Gasteiger partial charge on any atom is -0.326 e. The summed E-state index contributed by atoms with van der Waals surface area (Å²) >= 11 is 0. The van der Waals surface area contributed by atoms with Gasteiger partial charge in [0.15, 0.2) is 0 Å². The number of carbonyl (C=O) groups excluding carboxylic acids is 2. The van der Waals surface area contributed by atoms with Gasteiger partial charge in [0.05, 0.1) is 4.90 Å². The fourth-order valence-electron chi connectivity index (χ4n) is 4.69. The quantitative estimate of drug-likeness (QED) is 0.741. The van der Waals surface area contributed by atoms with E-state index in [4.69, 9.17) is 0 Å². The normalized spacial score (nSPS) is 17.5. The van der Waals surface area contributed by atoms with E-state index in [1.807, 2.05) is 32.0 Å². The molecule has 1 saturated heterocycles. The van der Waals surface area contributed by atoms with E-state index in [2.05, 4.69) is 5.32 Å². The van der Waals surface area contributed by atoms with Gasteiger partial charge in [-0.1, -0.05) is 12.1 Å². The number of sulfonamides is 1. The third-order valence-electron chi connectivity index (χ3n) is 6.87. The van der Waals surface area contributed by atoms with E-state index in [1.165, 1.54) is 11.2 Å². The summed E-state index contributed by atoms with van der Waals surface area (Å²) in [5.74, 6) is -0.310. The summed E-state index contributed by atoms with van der Waals surface area (Å²) in [5, 5.41) is 3.01. The number of hydrogen-bond acceptors (Lipinski definition) is 4. The van der Waals surface area contributed by atoms with Crippen molar-refractivity contribution in [3.05, 3.63) is 53.1 Å². The Hall–Kier alpha value is -2.71. The average molecular weight is 470 g/mol. The molecular formula is C25H31N3O4S. The molecule has 2 heterocycles. The number of amides is 2. The third kappa shape index (κ3) is 4.68. The van der Waals surface area contributed by atoms with Gasteiger partial charge in [-0.25, -0.2) is 8.42 Å². The van der Waals surface area contributed by atoms with Crippen molar-refractivity contribution >= 4 is 33.2 Å². The molecule has 0 bridgehead atoms. The van der Waals surface area contributed by atoms with Crippen LogP contribution in [0.5, 0.6) is 0 Å². The molecule has 4 rings (SSSR count). The summed E-state index contributed by atoms with van der Waals surface area (Å²) in [7, 11) is -3.66. The van der Waals surface area contributed by atoms with Crippen LogP contribution in [0.15, 0.2) is 41.3 Å². The number of carbonyl (C=O) groups is 2. The topological polar surface area (TPSA) is 86.8 Å². The Kier molecular flexibility index (Phi) is 6.59. The van der Waals surface area contributed by atoms with E-state index in [0.717, 1.165) is 40.9 Å². The maximum Gasteiger partial charge on any atom is 0.243 e. The maximum absolute atomic E-state index is 13.3. The number of piperidine rings is 1. The van der Waals surface area contributed by atoms with Crippen molar-refractivity contribution in [3.8, 4) is 0 Å². The number of anilines is 2. The largest absolute Gasteiger partial charge is 0.326 e. The zero-order valence-corrected chi connectivity index (χ0v) is 20.2. The van der Waals surface area contributed by atoms with Crippen molar-refractivity contribution < 1.29 is 18.0 Å². The molecular weight excluding hydrogens is 438 g/mol. The molecule has 0 aromatic heterocycles. The van der Waals surface area contributed by atoms with Crippen LogP contribution < -0.4 is 10.2 Å². The van der Waals surface area contributed by atoms with Crippen molar-refractivity contribution in [1.82, 2.24) is 4.31 Å². The number of hydrogen-bond donors (Lipinski definition) is 1. The van der Waals surface area contributed by atoms with Gasteiger partial charge in [0.2, 0.25) is 21.8 Å². The van der Waals surface area contributed by atoms with E-state index in [0.29, 0.717) is 32.5 Å². The molecule has 7 nitrogen and oxygen atoms in total. The zero-order chi connectivity index (χ0) is 23.8. The smallest absolute Gasteiger partial charge is 0.243 e. The highest BCUT2D eigenvalue weighted by Crippen LogP contribution is 2.32. The van der Waals surface area contributed by atoms with Gasteiger partial charge in [-0.2, -0.15) is 4.31 Å². The first-order valence-corrected chi connectivity index (χ1v) is 12.9. The summed E-state index contributed by atoms with van der Waals surface area (Å²) in [6.07, 6.45) is 2.54. The lowest BCUT2D eigenvalue weighted by Crippen LogP contribution is -2.41. The number of nitrogens with one attached hydrogen (secondary N) is 1. The highest BCUT2D eigenvalue weighted by molar-refractivity contribution is 7.89. The summed E-state index contributed by atoms with van der Waals surface area (Å²) in [4.78, 5) is 26.6. The molecule has 2 aromatic carbocycles. The second kappa shape index (κ2) is 9.27. The molecule has 0 saturated carbocycles. The van der Waals surface area contributed by atoms with Crippen LogP contribution in [0.2, 0.25) is 0 Å². The minimum absolute atomic E-state index is 0.0345. The van der Waals surface area contributed by atoms with Crippen LogP contribution in [-0.2, 0) is 26.0 Å². The lowest BCUT2D eigenvalue weighted by molar-refractivity contribution is -0.121. The molecule has 1 fully saturated rings. The number of benzene rings is 2. The van der Waals surface area contributed by atoms with Crippen molar-refractivity contribution in [1.29, 1.82) is 0 Å². The van der Waals surface area contributed by atoms with Gasteiger partial charge in [0, 0.05) is 43.9 Å². The Morgan fingerprint density at radius 2 is 1.76 bits per heavy atom. The second-order valence-corrected chi connectivity index (χ2v) is 10.9. The van der Waals surface area contributed by atoms with Crippen LogP contribution >= 0.6 is 0 Å². The predicted molar refractivity (Wildman–Crippen MR) is 129 cm³/mol. The molecule has 0 atom stereocenters. The predicted octanol–water partition coefficient (Wildman–Crippen LogP) is 3.64. The molecule has 8 heteroatoms. The second-order valence-electron chi connectivity index (χ2n) is 8.98. The lowest BCUT2D eigenvalue weighted by Gasteiger charge is -2.32. The van der Waals surface area contributed by atoms with Crippen LogP contribution in [0, 0.1) is 19.8 Å². The monoisotopic (exact) mass is 469 g/mol. The van der Waals surface area contributed by atoms with Gasteiger partial charge in [-0.15, -0.1) is 0 Å². The molecule has 2 aliphatic rings. The van der Waals surface area contributed by atoms with Crippen LogP contribution in [-0.4, -0.2) is 44.2 Å². The van der Waals surface area contributed by atoms with Crippen molar-refractivity contribution in [2.45, 2.75) is 51.3 Å². The summed E-state index contributed by atoms with van der Waals surface area (Å²) < 4.78 is 28.0. The van der Waals surface area contributed by atoms with Crippen molar-refractivity contribution in [2.75, 3.05) is 29.9 Å². The molecule has 0 unspecified atom stereocenters. The molecule has 1 N–H and O–H groups in total. The summed E-state index contributed by atoms with van der Waals surface area (Å²) in [5.41, 5.74) is 4.66. The Labute approximate surface area is 195 Å². The third-order valence-corrected chi connectivity index (χ3v) is 8.77. The van der Waals surface area contributed by atoms with Crippen molar-refractivity contribution in [2.24, 2.45) is 5.92 Å². The molecule has 176 valence electrons. The highest BCUT2D eigenvalue weighted by atomic mass is 32.2. The fraction of sp³-hybridized carbons (Fsp3) is 0.440. The van der Waals surface area contributed by atoms with Crippen molar-refractivity contribution in [3.63, 3.8) is 0 Å². The first kappa shape index (κ1) is 23.4. The standard InChI is InChI=1S/C25H31N3O4S/c1-17-6-4-8-23(18(17)2)26-25(30)20-11-14-27(15-12-20)33(31,32)22-9-10-24-21(16-22)7-5-13-28(24)19(3)29/h4,6,8-10,16,20H,5,7,11-15H2,1-3H3,(H,26,30). The van der Waals surface area contributed by atoms with Crippen LogP contribution in [0.25, 0.3) is 0 Å².